The third kappa shape index (κ3) is 3.11. The predicted molar refractivity (Wildman–Crippen MR) is 71.5 cm³/mol. The van der Waals surface area contributed by atoms with E-state index in [1.807, 2.05) is 6.07 Å². The molecule has 1 aliphatic heterocycles. The van der Waals surface area contributed by atoms with Crippen LogP contribution in [0.4, 0.5) is 5.69 Å². The van der Waals surface area contributed by atoms with Gasteiger partial charge in [0.1, 0.15) is 0 Å². The van der Waals surface area contributed by atoms with Crippen LogP contribution >= 0.6 is 12.4 Å². The largest absolute Gasteiger partial charge is 0.490 e. The maximum absolute atomic E-state index is 10.9. The van der Waals surface area contributed by atoms with E-state index >= 15 is 0 Å². The van der Waals surface area contributed by atoms with Crippen LogP contribution < -0.4 is 10.1 Å². The molecule has 6 heteroatoms. The molecule has 1 aromatic rings. The molecule has 1 fully saturated rings. The Bertz CT molecular complexity index is 420. The van der Waals surface area contributed by atoms with Gasteiger partial charge in [0, 0.05) is 12.1 Å². The normalized spacial score (nSPS) is 18.8. The first-order valence-electron chi connectivity index (χ1n) is 5.78. The first kappa shape index (κ1) is 14.7. The Hall–Kier alpha value is -1.33. The Morgan fingerprint density at radius 2 is 2.22 bits per heavy atom. The van der Waals surface area contributed by atoms with E-state index in [9.17, 15) is 10.1 Å². The van der Waals surface area contributed by atoms with E-state index in [4.69, 9.17) is 4.74 Å². The maximum Gasteiger partial charge on any atom is 0.311 e. The summed E-state index contributed by atoms with van der Waals surface area (Å²) in [6, 6.07) is 5.41. The number of piperidine rings is 1. The van der Waals surface area contributed by atoms with Gasteiger partial charge >= 0.3 is 5.69 Å². The van der Waals surface area contributed by atoms with Crippen LogP contribution in [0.25, 0.3) is 0 Å². The number of ether oxygens (including phenoxy) is 1. The van der Waals surface area contributed by atoms with Crippen LogP contribution in [0.1, 0.15) is 30.9 Å². The number of methoxy groups -OCH3 is 1. The number of nitro benzene ring substituents is 1. The molecule has 1 heterocycles. The van der Waals surface area contributed by atoms with Gasteiger partial charge in [-0.3, -0.25) is 10.1 Å². The average molecular weight is 273 g/mol. The van der Waals surface area contributed by atoms with Crippen LogP contribution in [0, 0.1) is 10.1 Å². The molecule has 0 amide bonds. The van der Waals surface area contributed by atoms with Crippen molar-refractivity contribution in [1.82, 2.24) is 5.32 Å². The van der Waals surface area contributed by atoms with Crippen LogP contribution in [0.2, 0.25) is 0 Å². The molecule has 0 radical (unpaired) electrons. The first-order valence-corrected chi connectivity index (χ1v) is 5.78. The summed E-state index contributed by atoms with van der Waals surface area (Å²) in [6.07, 6.45) is 3.37. The Balaban J connectivity index is 0.00000162. The summed E-state index contributed by atoms with van der Waals surface area (Å²) in [6.45, 7) is 0.977. The third-order valence-electron chi connectivity index (χ3n) is 3.11. The molecular weight excluding hydrogens is 256 g/mol. The van der Waals surface area contributed by atoms with Gasteiger partial charge in [0.05, 0.1) is 12.0 Å². The summed E-state index contributed by atoms with van der Waals surface area (Å²) in [5, 5.41) is 14.3. The van der Waals surface area contributed by atoms with Gasteiger partial charge in [-0.05, 0) is 31.0 Å². The number of halogens is 1. The lowest BCUT2D eigenvalue weighted by molar-refractivity contribution is -0.385. The molecule has 0 unspecified atom stereocenters. The molecule has 0 spiro atoms. The van der Waals surface area contributed by atoms with Crippen LogP contribution in [0.3, 0.4) is 0 Å². The molecule has 5 nitrogen and oxygen atoms in total. The lowest BCUT2D eigenvalue weighted by Gasteiger charge is -2.23. The monoisotopic (exact) mass is 272 g/mol. The van der Waals surface area contributed by atoms with E-state index in [2.05, 4.69) is 5.32 Å². The first-order chi connectivity index (χ1) is 8.22. The van der Waals surface area contributed by atoms with Crippen molar-refractivity contribution >= 4 is 18.1 Å². The number of nitrogens with zero attached hydrogens (tertiary/aromatic N) is 1. The van der Waals surface area contributed by atoms with E-state index in [1.54, 1.807) is 12.1 Å². The number of benzene rings is 1. The second-order valence-corrected chi connectivity index (χ2v) is 4.19. The van der Waals surface area contributed by atoms with Gasteiger partial charge in [-0.2, -0.15) is 0 Å². The zero-order chi connectivity index (χ0) is 12.3. The summed E-state index contributed by atoms with van der Waals surface area (Å²) < 4.78 is 4.99. The lowest BCUT2D eigenvalue weighted by Crippen LogP contribution is -2.26. The number of nitrogens with one attached hydrogen (secondary N) is 1. The van der Waals surface area contributed by atoms with Crippen molar-refractivity contribution in [2.75, 3.05) is 13.7 Å². The number of rotatable bonds is 3. The fourth-order valence-corrected chi connectivity index (χ4v) is 2.20. The van der Waals surface area contributed by atoms with Gasteiger partial charge in [-0.1, -0.05) is 12.5 Å². The molecule has 0 bridgehead atoms. The highest BCUT2D eigenvalue weighted by Gasteiger charge is 2.20. The smallest absolute Gasteiger partial charge is 0.311 e. The maximum atomic E-state index is 10.9. The molecule has 100 valence electrons. The van der Waals surface area contributed by atoms with Gasteiger partial charge in [0.25, 0.3) is 0 Å². The highest BCUT2D eigenvalue weighted by atomic mass is 35.5. The second kappa shape index (κ2) is 6.56. The fraction of sp³-hybridized carbons (Fsp3) is 0.500. The Kier molecular flexibility index (Phi) is 5.37. The average Bonchev–Trinajstić information content (AvgIpc) is 2.39. The molecule has 1 aliphatic rings. The highest BCUT2D eigenvalue weighted by Crippen LogP contribution is 2.32. The zero-order valence-electron chi connectivity index (χ0n) is 10.2. The molecule has 1 N–H and O–H groups in total. The van der Waals surface area contributed by atoms with Crippen LogP contribution in [0.15, 0.2) is 18.2 Å². The minimum Gasteiger partial charge on any atom is -0.490 e. The van der Waals surface area contributed by atoms with Crippen molar-refractivity contribution in [3.05, 3.63) is 33.9 Å². The molecule has 0 saturated carbocycles. The molecule has 1 aromatic carbocycles. The zero-order valence-corrected chi connectivity index (χ0v) is 11.0. The van der Waals surface area contributed by atoms with E-state index in [0.717, 1.165) is 24.9 Å². The van der Waals surface area contributed by atoms with Gasteiger partial charge in [-0.15, -0.1) is 12.4 Å². The molecule has 2 rings (SSSR count). The van der Waals surface area contributed by atoms with Crippen molar-refractivity contribution < 1.29 is 9.66 Å². The molecule has 18 heavy (non-hydrogen) atoms. The van der Waals surface area contributed by atoms with Crippen molar-refractivity contribution in [2.24, 2.45) is 0 Å². The topological polar surface area (TPSA) is 64.4 Å². The SMILES string of the molecule is COc1ccc([C@H]2CCCCN2)cc1[N+](=O)[O-].Cl. The fourth-order valence-electron chi connectivity index (χ4n) is 2.20. The summed E-state index contributed by atoms with van der Waals surface area (Å²) in [5.74, 6) is 0.314. The Morgan fingerprint density at radius 1 is 1.44 bits per heavy atom. The van der Waals surface area contributed by atoms with Gasteiger partial charge in [0.15, 0.2) is 5.75 Å². The van der Waals surface area contributed by atoms with E-state index in [-0.39, 0.29) is 24.1 Å². The Morgan fingerprint density at radius 3 is 2.78 bits per heavy atom. The molecule has 0 aromatic heterocycles. The Labute approximate surface area is 112 Å². The van der Waals surface area contributed by atoms with E-state index in [1.165, 1.54) is 13.5 Å². The van der Waals surface area contributed by atoms with Gasteiger partial charge in [-0.25, -0.2) is 0 Å². The van der Waals surface area contributed by atoms with Crippen LogP contribution in [-0.4, -0.2) is 18.6 Å². The molecule has 0 aliphatic carbocycles. The minimum atomic E-state index is -0.398. The van der Waals surface area contributed by atoms with Crippen LogP contribution in [0.5, 0.6) is 5.75 Å². The summed E-state index contributed by atoms with van der Waals surface area (Å²) >= 11 is 0. The van der Waals surface area contributed by atoms with E-state index in [0.29, 0.717) is 5.75 Å². The minimum absolute atomic E-state index is 0. The standard InChI is InChI=1S/C12H16N2O3.ClH/c1-17-12-6-5-9(8-11(12)14(15)16)10-4-2-3-7-13-10;/h5-6,8,10,13H,2-4,7H2,1H3;1H/t10-;/m1./s1. The van der Waals surface area contributed by atoms with Crippen molar-refractivity contribution in [2.45, 2.75) is 25.3 Å². The quantitative estimate of drug-likeness (QED) is 0.679. The lowest BCUT2D eigenvalue weighted by atomic mass is 9.97. The van der Waals surface area contributed by atoms with Gasteiger partial charge in [0.2, 0.25) is 0 Å². The van der Waals surface area contributed by atoms with Crippen molar-refractivity contribution in [3.63, 3.8) is 0 Å². The summed E-state index contributed by atoms with van der Waals surface area (Å²) in [4.78, 5) is 10.5. The summed E-state index contributed by atoms with van der Waals surface area (Å²) in [5.41, 5.74) is 1.01. The predicted octanol–water partition coefficient (Wildman–Crippen LogP) is 2.84. The number of hydrogen-bond acceptors (Lipinski definition) is 4. The molecule has 1 saturated heterocycles. The van der Waals surface area contributed by atoms with Gasteiger partial charge < -0.3 is 10.1 Å². The number of nitro groups is 1. The molecular formula is C12H17ClN2O3. The third-order valence-corrected chi connectivity index (χ3v) is 3.11. The van der Waals surface area contributed by atoms with Crippen molar-refractivity contribution in [3.8, 4) is 5.75 Å². The number of hydrogen-bond donors (Lipinski definition) is 1. The molecule has 1 atom stereocenters. The second-order valence-electron chi connectivity index (χ2n) is 4.19. The van der Waals surface area contributed by atoms with Crippen molar-refractivity contribution in [1.29, 1.82) is 0 Å². The highest BCUT2D eigenvalue weighted by molar-refractivity contribution is 5.85. The van der Waals surface area contributed by atoms with E-state index < -0.39 is 4.92 Å². The summed E-state index contributed by atoms with van der Waals surface area (Å²) in [7, 11) is 1.45. The van der Waals surface area contributed by atoms with Crippen LogP contribution in [-0.2, 0) is 0 Å².